The number of likely N-dealkylation sites (tertiary alicyclic amines) is 1. The van der Waals surface area contributed by atoms with Gasteiger partial charge in [0.1, 0.15) is 12.1 Å². The average Bonchev–Trinajstić information content (AvgIpc) is 2.99. The second-order valence-corrected chi connectivity index (χ2v) is 7.05. The van der Waals surface area contributed by atoms with Gasteiger partial charge in [-0.05, 0) is 33.6 Å². The van der Waals surface area contributed by atoms with E-state index in [0.29, 0.717) is 13.2 Å². The minimum Gasteiger partial charge on any atom is -0.444 e. The van der Waals surface area contributed by atoms with Crippen molar-refractivity contribution >= 4 is 12.0 Å². The number of ether oxygens (including phenoxy) is 2. The summed E-state index contributed by atoms with van der Waals surface area (Å²) in [6.07, 6.45) is 2.41. The summed E-state index contributed by atoms with van der Waals surface area (Å²) in [7, 11) is 0. The Morgan fingerprint density at radius 3 is 2.48 bits per heavy atom. The van der Waals surface area contributed by atoms with Gasteiger partial charge in [0.05, 0.1) is 12.6 Å². The van der Waals surface area contributed by atoms with Crippen LogP contribution < -0.4 is 11.1 Å². The van der Waals surface area contributed by atoms with Crippen LogP contribution in [-0.4, -0.2) is 54.0 Å². The fourth-order valence-corrected chi connectivity index (χ4v) is 2.41. The van der Waals surface area contributed by atoms with Crippen LogP contribution in [0, 0.1) is 0 Å². The molecule has 1 unspecified atom stereocenters. The lowest BCUT2D eigenvalue weighted by Gasteiger charge is -2.27. The highest BCUT2D eigenvalue weighted by Gasteiger charge is 2.53. The molecule has 3 N–H and O–H groups in total. The summed E-state index contributed by atoms with van der Waals surface area (Å²) < 4.78 is 10.3. The second kappa shape index (κ2) is 7.97. The first-order valence-electron chi connectivity index (χ1n) is 8.32. The summed E-state index contributed by atoms with van der Waals surface area (Å²) in [6.45, 7) is 10.6. The molecule has 0 saturated carbocycles. The van der Waals surface area contributed by atoms with Crippen LogP contribution in [0.3, 0.4) is 0 Å². The molecule has 2 rings (SSSR count). The van der Waals surface area contributed by atoms with Gasteiger partial charge in [0.15, 0.2) is 5.72 Å². The minimum atomic E-state index is -0.682. The lowest BCUT2D eigenvalue weighted by Crippen LogP contribution is -2.52. The van der Waals surface area contributed by atoms with E-state index in [0.717, 1.165) is 12.8 Å². The molecule has 2 amide bonds. The van der Waals surface area contributed by atoms with Gasteiger partial charge in [-0.2, -0.15) is 0 Å². The van der Waals surface area contributed by atoms with Crippen LogP contribution >= 0.6 is 0 Å². The van der Waals surface area contributed by atoms with Gasteiger partial charge in [0, 0.05) is 9.40 Å². The molecule has 2 saturated heterocycles. The van der Waals surface area contributed by atoms with E-state index in [-0.39, 0.29) is 21.3 Å². The van der Waals surface area contributed by atoms with Crippen LogP contribution in [0.25, 0.3) is 0 Å². The molecule has 0 spiro atoms. The van der Waals surface area contributed by atoms with E-state index in [1.54, 1.807) is 25.7 Å². The van der Waals surface area contributed by atoms with Crippen molar-refractivity contribution in [1.29, 1.82) is 0 Å². The van der Waals surface area contributed by atoms with E-state index in [4.69, 9.17) is 15.2 Å². The number of epoxide rings is 1. The van der Waals surface area contributed by atoms with Crippen LogP contribution in [0.2, 0.25) is 0 Å². The van der Waals surface area contributed by atoms with Crippen LogP contribution in [0.5, 0.6) is 0 Å². The molecule has 2 heterocycles. The molecule has 0 aromatic carbocycles. The summed E-state index contributed by atoms with van der Waals surface area (Å²) in [5, 5.41) is 2.47. The first-order valence-corrected chi connectivity index (χ1v) is 8.32. The van der Waals surface area contributed by atoms with Crippen LogP contribution in [0.4, 0.5) is 4.79 Å². The number of nitrogens with two attached hydrogens (primary N) is 1. The third-order valence-corrected chi connectivity index (χ3v) is 3.40. The molecule has 2 aliphatic heterocycles. The van der Waals surface area contributed by atoms with Gasteiger partial charge in [0.25, 0.3) is 0 Å². The van der Waals surface area contributed by atoms with E-state index in [1.165, 1.54) is 6.42 Å². The quantitative estimate of drug-likeness (QED) is 0.771. The zero-order valence-corrected chi connectivity index (χ0v) is 15.0. The Balaban J connectivity index is 0. The number of nitrogens with zero attached hydrogens (tertiary/aromatic N) is 1. The fraction of sp³-hybridized carbons (Fsp3) is 0.875. The highest BCUT2D eigenvalue weighted by Crippen LogP contribution is 2.34. The van der Waals surface area contributed by atoms with Crippen LogP contribution in [0.1, 0.15) is 56.7 Å². The number of amides is 2. The zero-order valence-electron chi connectivity index (χ0n) is 15.0. The molecule has 0 radical (unpaired) electrons. The van der Waals surface area contributed by atoms with E-state index >= 15 is 0 Å². The van der Waals surface area contributed by atoms with Crippen molar-refractivity contribution in [2.45, 2.75) is 71.2 Å². The highest BCUT2D eigenvalue weighted by atomic mass is 16.6. The fourth-order valence-electron chi connectivity index (χ4n) is 2.41. The summed E-state index contributed by atoms with van der Waals surface area (Å²) in [4.78, 5) is 25.4. The molecule has 2 atom stereocenters. The van der Waals surface area contributed by atoms with E-state index in [2.05, 4.69) is 19.2 Å². The molecule has 2 fully saturated rings. The van der Waals surface area contributed by atoms with Crippen LogP contribution in [0.15, 0.2) is 0 Å². The molecule has 0 aromatic rings. The van der Waals surface area contributed by atoms with Crippen molar-refractivity contribution in [3.05, 3.63) is 0 Å². The van der Waals surface area contributed by atoms with Gasteiger partial charge in [-0.25, -0.2) is 4.79 Å². The molecule has 23 heavy (non-hydrogen) atoms. The lowest BCUT2D eigenvalue weighted by atomic mass is 10.1. The molecule has 7 nitrogen and oxygen atoms in total. The van der Waals surface area contributed by atoms with Crippen LogP contribution in [-0.2, 0) is 14.3 Å². The minimum absolute atomic E-state index is 0. The number of hydrogen-bond donors (Lipinski definition) is 2. The maximum absolute atomic E-state index is 12.1. The number of hydrogen-bond acceptors (Lipinski definition) is 5. The summed E-state index contributed by atoms with van der Waals surface area (Å²) in [6, 6.07) is -0.0876. The summed E-state index contributed by atoms with van der Waals surface area (Å²) >= 11 is 0. The van der Waals surface area contributed by atoms with Crippen molar-refractivity contribution in [3.63, 3.8) is 0 Å². The SMILES string of the molecule is CC(C)(C)OC(=O)NCC(=O)N1CCC[C@H]1C1(N)CO1.CCC.[HH].[HH]. The van der Waals surface area contributed by atoms with Crippen molar-refractivity contribution < 1.29 is 21.9 Å². The normalized spacial score (nSPS) is 26.2. The standard InChI is InChI=1S/C13H23N3O4.C3H8.2H2/c1-12(2,3)20-11(18)15-7-10(17)16-6-4-5-9(16)13(14)8-19-13;1-3-2;;/h9H,4-8,14H2,1-3H3,(H,15,18);3H2,1-2H3;2*1H/t9-,13?;;;/m0.../s1. The van der Waals surface area contributed by atoms with Gasteiger partial charge >= 0.3 is 6.09 Å². The van der Waals surface area contributed by atoms with Gasteiger partial charge in [-0.1, -0.05) is 20.3 Å². The molecule has 7 heteroatoms. The van der Waals surface area contributed by atoms with Gasteiger partial charge < -0.3 is 19.7 Å². The summed E-state index contributed by atoms with van der Waals surface area (Å²) in [5.41, 5.74) is 4.73. The molecular weight excluding hydrogens is 298 g/mol. The summed E-state index contributed by atoms with van der Waals surface area (Å²) in [5.74, 6) is -0.154. The Morgan fingerprint density at radius 1 is 1.43 bits per heavy atom. The predicted molar refractivity (Wildman–Crippen MR) is 92.0 cm³/mol. The second-order valence-electron chi connectivity index (χ2n) is 7.05. The topological polar surface area (TPSA) is 97.2 Å². The first kappa shape index (κ1) is 19.7. The zero-order chi connectivity index (χ0) is 17.7. The maximum atomic E-state index is 12.1. The van der Waals surface area contributed by atoms with Crippen molar-refractivity contribution in [2.24, 2.45) is 5.73 Å². The number of alkyl carbamates (subject to hydrolysis) is 1. The number of carbonyl (C=O) groups is 2. The molecule has 0 aliphatic carbocycles. The maximum Gasteiger partial charge on any atom is 0.408 e. The number of carbonyl (C=O) groups excluding carboxylic acids is 2. The highest BCUT2D eigenvalue weighted by molar-refractivity contribution is 5.83. The Bertz CT molecular complexity index is 426. The average molecular weight is 333 g/mol. The predicted octanol–water partition coefficient (Wildman–Crippen LogP) is 2.10. The van der Waals surface area contributed by atoms with Crippen molar-refractivity contribution in [3.8, 4) is 0 Å². The Kier molecular flexibility index (Phi) is 6.83. The first-order chi connectivity index (χ1) is 10.6. The van der Waals surface area contributed by atoms with Gasteiger partial charge in [0.2, 0.25) is 5.91 Å². The van der Waals surface area contributed by atoms with Gasteiger partial charge in [-0.15, -0.1) is 0 Å². The lowest BCUT2D eigenvalue weighted by molar-refractivity contribution is -0.132. The van der Waals surface area contributed by atoms with E-state index < -0.39 is 17.4 Å². The Morgan fingerprint density at radius 2 is 2.00 bits per heavy atom. The molecule has 0 aromatic heterocycles. The third kappa shape index (κ3) is 6.35. The molecular formula is C16H35N3O4. The Hall–Kier alpha value is -1.34. The molecule has 138 valence electrons. The van der Waals surface area contributed by atoms with Crippen molar-refractivity contribution in [2.75, 3.05) is 19.7 Å². The van der Waals surface area contributed by atoms with Crippen molar-refractivity contribution in [1.82, 2.24) is 10.2 Å². The monoisotopic (exact) mass is 333 g/mol. The van der Waals surface area contributed by atoms with E-state index in [1.807, 2.05) is 0 Å². The van der Waals surface area contributed by atoms with E-state index in [9.17, 15) is 9.59 Å². The largest absolute Gasteiger partial charge is 0.444 e. The molecule has 0 bridgehead atoms. The number of nitrogens with one attached hydrogen (secondary N) is 1. The molecule has 2 aliphatic rings. The smallest absolute Gasteiger partial charge is 0.408 e. The van der Waals surface area contributed by atoms with Gasteiger partial charge in [-0.3, -0.25) is 10.5 Å². The Labute approximate surface area is 141 Å². The number of rotatable bonds is 3. The third-order valence-electron chi connectivity index (χ3n) is 3.40.